The number of amides is 1. The fourth-order valence-corrected chi connectivity index (χ4v) is 3.30. The van der Waals surface area contributed by atoms with Crippen LogP contribution < -0.4 is 11.1 Å². The first-order valence-corrected chi connectivity index (χ1v) is 8.37. The maximum Gasteiger partial charge on any atom is 0.238 e. The fourth-order valence-electron chi connectivity index (χ4n) is 1.90. The third-order valence-electron chi connectivity index (χ3n) is 3.45. The van der Waals surface area contributed by atoms with Gasteiger partial charge in [0.15, 0.2) is 9.84 Å². The summed E-state index contributed by atoms with van der Waals surface area (Å²) in [4.78, 5) is 11.7. The smallest absolute Gasteiger partial charge is 0.238 e. The minimum atomic E-state index is -4.03. The first kappa shape index (κ1) is 17.4. The predicted molar refractivity (Wildman–Crippen MR) is 80.0 cm³/mol. The molecule has 1 rings (SSSR count). The molecule has 1 atom stereocenters. The van der Waals surface area contributed by atoms with Crippen LogP contribution in [0.5, 0.6) is 0 Å². The zero-order valence-corrected chi connectivity index (χ0v) is 13.2. The maximum atomic E-state index is 13.2. The lowest BCUT2D eigenvalue weighted by atomic mass is 10.2. The second kappa shape index (κ2) is 6.89. The van der Waals surface area contributed by atoms with Gasteiger partial charge < -0.3 is 11.1 Å². The summed E-state index contributed by atoms with van der Waals surface area (Å²) < 4.78 is 38.0. The molecule has 0 aliphatic carbocycles. The Kier molecular flexibility index (Phi) is 5.71. The Balaban J connectivity index is 3.07. The molecule has 0 fully saturated rings. The lowest BCUT2D eigenvalue weighted by Crippen LogP contribution is -2.43. The Morgan fingerprint density at radius 2 is 1.90 bits per heavy atom. The molecular formula is C14H21FN2O3S. The van der Waals surface area contributed by atoms with Crippen LogP contribution in [0.25, 0.3) is 0 Å². The van der Waals surface area contributed by atoms with E-state index in [1.165, 1.54) is 13.0 Å². The highest BCUT2D eigenvalue weighted by Crippen LogP contribution is 2.24. The van der Waals surface area contributed by atoms with Crippen molar-refractivity contribution in [1.29, 1.82) is 0 Å². The molecule has 0 aromatic heterocycles. The van der Waals surface area contributed by atoms with Crippen molar-refractivity contribution in [3.05, 3.63) is 24.0 Å². The standard InChI is InChI=1S/C14H21FN2O3S/c1-4-11(5-2)17-14(18)9(3)21(19,20)13-8-10(15)6-7-12(13)16/h6-9,11H,4-5,16H2,1-3H3,(H,17,18). The summed E-state index contributed by atoms with van der Waals surface area (Å²) in [6.07, 6.45) is 1.41. The molecule has 0 spiro atoms. The number of carbonyl (C=O) groups excluding carboxylic acids is 1. The summed E-state index contributed by atoms with van der Waals surface area (Å²) >= 11 is 0. The van der Waals surface area contributed by atoms with Gasteiger partial charge in [0, 0.05) is 6.04 Å². The number of halogens is 1. The number of hydrogen-bond acceptors (Lipinski definition) is 4. The number of benzene rings is 1. The minimum Gasteiger partial charge on any atom is -0.398 e. The molecule has 7 heteroatoms. The Morgan fingerprint density at radius 1 is 1.33 bits per heavy atom. The van der Waals surface area contributed by atoms with Crippen LogP contribution in [-0.2, 0) is 14.6 Å². The maximum absolute atomic E-state index is 13.2. The van der Waals surface area contributed by atoms with Gasteiger partial charge in [-0.15, -0.1) is 0 Å². The summed E-state index contributed by atoms with van der Waals surface area (Å²) in [6, 6.07) is 3.00. The number of hydrogen-bond donors (Lipinski definition) is 2. The van der Waals surface area contributed by atoms with Crippen molar-refractivity contribution in [2.75, 3.05) is 5.73 Å². The SMILES string of the molecule is CCC(CC)NC(=O)C(C)S(=O)(=O)c1cc(F)ccc1N. The van der Waals surface area contributed by atoms with Gasteiger partial charge in [0.1, 0.15) is 11.1 Å². The van der Waals surface area contributed by atoms with Crippen molar-refractivity contribution in [3.8, 4) is 0 Å². The van der Waals surface area contributed by atoms with Gasteiger partial charge in [0.25, 0.3) is 0 Å². The van der Waals surface area contributed by atoms with E-state index >= 15 is 0 Å². The van der Waals surface area contributed by atoms with Gasteiger partial charge in [-0.3, -0.25) is 4.79 Å². The molecular weight excluding hydrogens is 295 g/mol. The number of rotatable bonds is 6. The normalized spacial score (nSPS) is 13.2. The molecule has 0 bridgehead atoms. The van der Waals surface area contributed by atoms with Crippen LogP contribution in [0.1, 0.15) is 33.6 Å². The number of sulfone groups is 1. The average Bonchev–Trinajstić information content (AvgIpc) is 2.45. The van der Waals surface area contributed by atoms with Gasteiger partial charge in [-0.05, 0) is 38.0 Å². The van der Waals surface area contributed by atoms with E-state index in [1.807, 2.05) is 13.8 Å². The van der Waals surface area contributed by atoms with E-state index in [0.29, 0.717) is 12.8 Å². The minimum absolute atomic E-state index is 0.0708. The first-order valence-electron chi connectivity index (χ1n) is 6.83. The van der Waals surface area contributed by atoms with E-state index in [-0.39, 0.29) is 16.6 Å². The lowest BCUT2D eigenvalue weighted by Gasteiger charge is -2.19. The Morgan fingerprint density at radius 3 is 2.43 bits per heavy atom. The van der Waals surface area contributed by atoms with E-state index in [2.05, 4.69) is 5.32 Å². The molecule has 1 unspecified atom stereocenters. The van der Waals surface area contributed by atoms with Gasteiger partial charge in [-0.1, -0.05) is 13.8 Å². The van der Waals surface area contributed by atoms with Crippen LogP contribution >= 0.6 is 0 Å². The Labute approximate surface area is 124 Å². The predicted octanol–water partition coefficient (Wildman–Crippen LogP) is 1.87. The molecule has 21 heavy (non-hydrogen) atoms. The molecule has 0 aliphatic rings. The molecule has 0 saturated carbocycles. The number of carbonyl (C=O) groups is 1. The van der Waals surface area contributed by atoms with Crippen molar-refractivity contribution in [2.24, 2.45) is 0 Å². The van der Waals surface area contributed by atoms with E-state index in [1.54, 1.807) is 0 Å². The fraction of sp³-hybridized carbons (Fsp3) is 0.500. The van der Waals surface area contributed by atoms with Crippen molar-refractivity contribution >= 4 is 21.4 Å². The number of nitrogens with two attached hydrogens (primary N) is 1. The molecule has 0 radical (unpaired) electrons. The second-order valence-electron chi connectivity index (χ2n) is 4.89. The van der Waals surface area contributed by atoms with E-state index in [9.17, 15) is 17.6 Å². The quantitative estimate of drug-likeness (QED) is 0.784. The monoisotopic (exact) mass is 316 g/mol. The molecule has 5 nitrogen and oxygen atoms in total. The lowest BCUT2D eigenvalue weighted by molar-refractivity contribution is -0.121. The first-order chi connectivity index (χ1) is 9.73. The summed E-state index contributed by atoms with van der Waals surface area (Å²) in [5.74, 6) is -1.32. The molecule has 3 N–H and O–H groups in total. The van der Waals surface area contributed by atoms with Gasteiger partial charge in [0.05, 0.1) is 10.6 Å². The highest BCUT2D eigenvalue weighted by atomic mass is 32.2. The molecule has 1 aromatic carbocycles. The Hall–Kier alpha value is -1.63. The molecule has 118 valence electrons. The molecule has 0 aliphatic heterocycles. The largest absolute Gasteiger partial charge is 0.398 e. The van der Waals surface area contributed by atoms with Crippen LogP contribution in [0.3, 0.4) is 0 Å². The second-order valence-corrected chi connectivity index (χ2v) is 7.13. The van der Waals surface area contributed by atoms with Gasteiger partial charge in [-0.25, -0.2) is 12.8 Å². The van der Waals surface area contributed by atoms with Crippen molar-refractivity contribution in [1.82, 2.24) is 5.32 Å². The summed E-state index contributed by atoms with van der Waals surface area (Å²) in [7, 11) is -4.03. The molecule has 0 heterocycles. The third-order valence-corrected chi connectivity index (χ3v) is 5.56. The van der Waals surface area contributed by atoms with Gasteiger partial charge in [0.2, 0.25) is 5.91 Å². The number of nitrogen functional groups attached to an aromatic ring is 1. The van der Waals surface area contributed by atoms with Crippen molar-refractivity contribution in [2.45, 2.75) is 49.8 Å². The molecule has 0 saturated heterocycles. The number of anilines is 1. The van der Waals surface area contributed by atoms with Crippen molar-refractivity contribution < 1.29 is 17.6 Å². The van der Waals surface area contributed by atoms with Crippen LogP contribution in [-0.4, -0.2) is 25.6 Å². The Bertz CT molecular complexity index is 613. The van der Waals surface area contributed by atoms with Crippen LogP contribution in [0.15, 0.2) is 23.1 Å². The van der Waals surface area contributed by atoms with Crippen LogP contribution in [0.4, 0.5) is 10.1 Å². The van der Waals surface area contributed by atoms with E-state index in [0.717, 1.165) is 12.1 Å². The van der Waals surface area contributed by atoms with Crippen LogP contribution in [0.2, 0.25) is 0 Å². The molecule has 1 aromatic rings. The highest BCUT2D eigenvalue weighted by Gasteiger charge is 2.32. The average molecular weight is 316 g/mol. The zero-order valence-electron chi connectivity index (χ0n) is 12.4. The van der Waals surface area contributed by atoms with Crippen LogP contribution in [0, 0.1) is 5.82 Å². The molecule has 1 amide bonds. The van der Waals surface area contributed by atoms with E-state index in [4.69, 9.17) is 5.73 Å². The third kappa shape index (κ3) is 3.93. The zero-order chi connectivity index (χ0) is 16.2. The number of nitrogens with one attached hydrogen (secondary N) is 1. The van der Waals surface area contributed by atoms with E-state index < -0.39 is 26.8 Å². The summed E-state index contributed by atoms with van der Waals surface area (Å²) in [5, 5.41) is 1.34. The highest BCUT2D eigenvalue weighted by molar-refractivity contribution is 7.93. The topological polar surface area (TPSA) is 89.3 Å². The van der Waals surface area contributed by atoms with Crippen molar-refractivity contribution in [3.63, 3.8) is 0 Å². The van der Waals surface area contributed by atoms with Gasteiger partial charge >= 0.3 is 0 Å². The summed E-state index contributed by atoms with van der Waals surface area (Å²) in [6.45, 7) is 5.08. The van der Waals surface area contributed by atoms with Gasteiger partial charge in [-0.2, -0.15) is 0 Å². The summed E-state index contributed by atoms with van der Waals surface area (Å²) in [5.41, 5.74) is 5.52.